The molecule has 0 atom stereocenters. The summed E-state index contributed by atoms with van der Waals surface area (Å²) in [4.78, 5) is 49.5. The van der Waals surface area contributed by atoms with Crippen molar-refractivity contribution in [2.24, 2.45) is 5.73 Å². The molecule has 0 bridgehead atoms. The highest BCUT2D eigenvalue weighted by atomic mass is 32.2. The number of primary amides is 1. The second-order valence-electron chi connectivity index (χ2n) is 5.63. The van der Waals surface area contributed by atoms with Crippen LogP contribution in [0.2, 0.25) is 0 Å². The van der Waals surface area contributed by atoms with Crippen LogP contribution >= 0.6 is 23.1 Å². The third-order valence-electron chi connectivity index (χ3n) is 3.66. The quantitative estimate of drug-likeness (QED) is 0.291. The fraction of sp³-hybridized carbons (Fsp3) is 0.0588. The summed E-state index contributed by atoms with van der Waals surface area (Å²) < 4.78 is 1.36. The number of nitro benzene ring substituents is 1. The summed E-state index contributed by atoms with van der Waals surface area (Å²) in [6, 6.07) is 8.33. The van der Waals surface area contributed by atoms with Crippen LogP contribution in [0.15, 0.2) is 40.7 Å². The number of rotatable bonds is 7. The third kappa shape index (κ3) is 4.50. The zero-order valence-electron chi connectivity index (χ0n) is 14.4. The van der Waals surface area contributed by atoms with Gasteiger partial charge in [-0.05, 0) is 24.3 Å². The van der Waals surface area contributed by atoms with Gasteiger partial charge >= 0.3 is 5.97 Å². The number of amides is 2. The summed E-state index contributed by atoms with van der Waals surface area (Å²) in [6.45, 7) is 0. The summed E-state index contributed by atoms with van der Waals surface area (Å²) in [5.41, 5.74) is 4.46. The van der Waals surface area contributed by atoms with E-state index in [9.17, 15) is 29.6 Å². The Morgan fingerprint density at radius 3 is 2.69 bits per heavy atom. The van der Waals surface area contributed by atoms with Crippen LogP contribution in [0, 0.1) is 10.1 Å². The minimum absolute atomic E-state index is 0.0914. The van der Waals surface area contributed by atoms with Crippen LogP contribution in [-0.2, 0) is 4.79 Å². The molecule has 0 unspecified atom stereocenters. The number of hydrogen-bond acceptors (Lipinski definition) is 8. The maximum absolute atomic E-state index is 12.6. The van der Waals surface area contributed by atoms with E-state index < -0.39 is 34.0 Å². The lowest BCUT2D eigenvalue weighted by Gasteiger charge is -2.08. The van der Waals surface area contributed by atoms with E-state index in [2.05, 4.69) is 10.3 Å². The van der Waals surface area contributed by atoms with Crippen molar-refractivity contribution >= 4 is 62.5 Å². The summed E-state index contributed by atoms with van der Waals surface area (Å²) in [5, 5.41) is 22.9. The van der Waals surface area contributed by atoms with Gasteiger partial charge in [0.1, 0.15) is 5.56 Å². The highest BCUT2D eigenvalue weighted by Gasteiger charge is 2.27. The smallest absolute Gasteiger partial charge is 0.343 e. The first kappa shape index (κ1) is 20.2. The monoisotopic (exact) mass is 432 g/mol. The largest absolute Gasteiger partial charge is 0.477 e. The Labute approximate surface area is 170 Å². The van der Waals surface area contributed by atoms with Crippen molar-refractivity contribution in [2.75, 3.05) is 11.1 Å². The van der Waals surface area contributed by atoms with Gasteiger partial charge in [-0.25, -0.2) is 9.78 Å². The minimum atomic E-state index is -1.57. The standard InChI is InChI=1S/C17H12N4O6S2/c18-13(22)7-28-17-20-10-5-4-8(6-12(10)29-17)19-15(23)9-2-1-3-11(21(26)27)14(9)16(24)25/h1-6H,7H2,(H2,18,22)(H,19,23)(H,24,25). The van der Waals surface area contributed by atoms with Crippen molar-refractivity contribution in [3.8, 4) is 0 Å². The molecule has 0 fully saturated rings. The van der Waals surface area contributed by atoms with Gasteiger partial charge < -0.3 is 16.2 Å². The summed E-state index contributed by atoms with van der Waals surface area (Å²) in [5.74, 6) is -2.74. The van der Waals surface area contributed by atoms with Crippen molar-refractivity contribution in [3.63, 3.8) is 0 Å². The van der Waals surface area contributed by atoms with Gasteiger partial charge in [0.2, 0.25) is 5.91 Å². The van der Waals surface area contributed by atoms with E-state index in [0.29, 0.717) is 15.5 Å². The molecule has 4 N–H and O–H groups in total. The van der Waals surface area contributed by atoms with Crippen molar-refractivity contribution in [1.82, 2.24) is 4.98 Å². The molecule has 1 heterocycles. The zero-order chi connectivity index (χ0) is 21.1. The molecule has 2 amide bonds. The molecule has 0 aliphatic rings. The van der Waals surface area contributed by atoms with E-state index in [-0.39, 0.29) is 11.3 Å². The number of anilines is 1. The number of hydrogen-bond donors (Lipinski definition) is 3. The van der Waals surface area contributed by atoms with Crippen LogP contribution in [0.4, 0.5) is 11.4 Å². The maximum Gasteiger partial charge on any atom is 0.343 e. The van der Waals surface area contributed by atoms with Crippen molar-refractivity contribution < 1.29 is 24.4 Å². The molecule has 0 radical (unpaired) electrons. The Balaban J connectivity index is 1.88. The van der Waals surface area contributed by atoms with Gasteiger partial charge in [0.25, 0.3) is 11.6 Å². The number of carbonyl (C=O) groups excluding carboxylic acids is 2. The Bertz CT molecular complexity index is 1160. The van der Waals surface area contributed by atoms with Gasteiger partial charge in [-0.3, -0.25) is 19.7 Å². The van der Waals surface area contributed by atoms with E-state index in [4.69, 9.17) is 5.73 Å². The van der Waals surface area contributed by atoms with Gasteiger partial charge in [0, 0.05) is 11.8 Å². The highest BCUT2D eigenvalue weighted by Crippen LogP contribution is 2.31. The molecule has 0 saturated heterocycles. The predicted octanol–water partition coefficient (Wildman–Crippen LogP) is 2.73. The molecule has 0 spiro atoms. The lowest BCUT2D eigenvalue weighted by molar-refractivity contribution is -0.385. The molecule has 0 saturated carbocycles. The van der Waals surface area contributed by atoms with Gasteiger partial charge in [-0.2, -0.15) is 0 Å². The number of nitrogens with zero attached hydrogens (tertiary/aromatic N) is 2. The molecule has 1 aromatic heterocycles. The number of nitrogens with one attached hydrogen (secondary N) is 1. The molecule has 148 valence electrons. The average Bonchev–Trinajstić information content (AvgIpc) is 3.07. The molecule has 0 aliphatic heterocycles. The van der Waals surface area contributed by atoms with Gasteiger partial charge in [-0.1, -0.05) is 17.8 Å². The van der Waals surface area contributed by atoms with E-state index in [0.717, 1.165) is 10.8 Å². The van der Waals surface area contributed by atoms with Crippen LogP contribution < -0.4 is 11.1 Å². The number of nitrogens with two attached hydrogens (primary N) is 1. The molecule has 3 aromatic rings. The molecule has 3 rings (SSSR count). The number of aromatic nitrogens is 1. The first-order valence-electron chi connectivity index (χ1n) is 7.90. The van der Waals surface area contributed by atoms with Crippen LogP contribution in [0.1, 0.15) is 20.7 Å². The van der Waals surface area contributed by atoms with Gasteiger partial charge in [0.15, 0.2) is 4.34 Å². The number of carboxylic acid groups (broad SMARTS) is 1. The number of carbonyl (C=O) groups is 3. The lowest BCUT2D eigenvalue weighted by Crippen LogP contribution is -2.17. The van der Waals surface area contributed by atoms with E-state index in [1.165, 1.54) is 35.2 Å². The number of carboxylic acids is 1. The number of aromatic carboxylic acids is 1. The highest BCUT2D eigenvalue weighted by molar-refractivity contribution is 8.01. The summed E-state index contributed by atoms with van der Waals surface area (Å²) >= 11 is 2.50. The average molecular weight is 432 g/mol. The Morgan fingerprint density at radius 2 is 2.03 bits per heavy atom. The number of fused-ring (bicyclic) bond motifs is 1. The van der Waals surface area contributed by atoms with Crippen LogP contribution in [0.5, 0.6) is 0 Å². The fourth-order valence-corrected chi connectivity index (χ4v) is 4.33. The van der Waals surface area contributed by atoms with Crippen molar-refractivity contribution in [3.05, 3.63) is 57.6 Å². The third-order valence-corrected chi connectivity index (χ3v) is 5.85. The second-order valence-corrected chi connectivity index (χ2v) is 7.89. The van der Waals surface area contributed by atoms with E-state index in [1.54, 1.807) is 18.2 Å². The van der Waals surface area contributed by atoms with Crippen molar-refractivity contribution in [2.45, 2.75) is 4.34 Å². The first-order chi connectivity index (χ1) is 13.8. The Hall–Kier alpha value is -3.51. The molecule has 10 nitrogen and oxygen atoms in total. The van der Waals surface area contributed by atoms with Gasteiger partial charge in [0.05, 0.1) is 26.5 Å². The lowest BCUT2D eigenvalue weighted by atomic mass is 10.0. The van der Waals surface area contributed by atoms with E-state index >= 15 is 0 Å². The number of benzene rings is 2. The van der Waals surface area contributed by atoms with Crippen LogP contribution in [0.25, 0.3) is 10.2 Å². The minimum Gasteiger partial charge on any atom is -0.477 e. The van der Waals surface area contributed by atoms with E-state index in [1.807, 2.05) is 0 Å². The zero-order valence-corrected chi connectivity index (χ0v) is 16.1. The molecule has 29 heavy (non-hydrogen) atoms. The molecular weight excluding hydrogens is 420 g/mol. The number of thioether (sulfide) groups is 1. The molecule has 2 aromatic carbocycles. The van der Waals surface area contributed by atoms with Crippen LogP contribution in [-0.4, -0.2) is 38.6 Å². The Kier molecular flexibility index (Phi) is 5.75. The number of thiazole rings is 1. The summed E-state index contributed by atoms with van der Waals surface area (Å²) in [6.07, 6.45) is 0. The first-order valence-corrected chi connectivity index (χ1v) is 9.70. The second kappa shape index (κ2) is 8.24. The van der Waals surface area contributed by atoms with Crippen molar-refractivity contribution in [1.29, 1.82) is 0 Å². The van der Waals surface area contributed by atoms with Crippen LogP contribution in [0.3, 0.4) is 0 Å². The number of nitro groups is 1. The normalized spacial score (nSPS) is 10.6. The fourth-order valence-electron chi connectivity index (χ4n) is 2.48. The van der Waals surface area contributed by atoms with Gasteiger partial charge in [-0.15, -0.1) is 11.3 Å². The topological polar surface area (TPSA) is 166 Å². The predicted molar refractivity (Wildman–Crippen MR) is 108 cm³/mol. The maximum atomic E-state index is 12.6. The molecule has 0 aliphatic carbocycles. The Morgan fingerprint density at radius 1 is 1.28 bits per heavy atom. The summed E-state index contributed by atoms with van der Waals surface area (Å²) in [7, 11) is 0. The molecular formula is C17H12N4O6S2. The SMILES string of the molecule is NC(=O)CSc1nc2ccc(NC(=O)c3cccc([N+](=O)[O-])c3C(=O)O)cc2s1. The molecule has 12 heteroatoms.